The van der Waals surface area contributed by atoms with E-state index in [0.29, 0.717) is 23.6 Å². The van der Waals surface area contributed by atoms with Crippen LogP contribution in [0.15, 0.2) is 61.4 Å². The second-order valence-corrected chi connectivity index (χ2v) is 4.47. The Morgan fingerprint density at radius 3 is 2.65 bits per heavy atom. The van der Waals surface area contributed by atoms with Crippen LogP contribution in [-0.4, -0.2) is 14.5 Å². The summed E-state index contributed by atoms with van der Waals surface area (Å²) in [5.41, 5.74) is 1.53. The molecule has 0 spiro atoms. The van der Waals surface area contributed by atoms with Gasteiger partial charge >= 0.3 is 0 Å². The molecule has 7 heteroatoms. The summed E-state index contributed by atoms with van der Waals surface area (Å²) in [6.45, 7) is 0.676. The van der Waals surface area contributed by atoms with Crippen LogP contribution in [-0.2, 0) is 6.54 Å². The van der Waals surface area contributed by atoms with E-state index in [0.717, 1.165) is 5.56 Å². The molecule has 0 fully saturated rings. The SMILES string of the molecule is Cl.Cl.N#Cc1ccc(Cn2ccnc2)cc1Oc1cccnc1. The second kappa shape index (κ2) is 8.79. The number of nitrogens with zero attached hydrogens (tertiary/aromatic N) is 4. The third kappa shape index (κ3) is 4.71. The van der Waals surface area contributed by atoms with E-state index in [4.69, 9.17) is 4.74 Å². The van der Waals surface area contributed by atoms with Crippen LogP contribution in [0.2, 0.25) is 0 Å². The fourth-order valence-electron chi connectivity index (χ4n) is 1.97. The lowest BCUT2D eigenvalue weighted by Gasteiger charge is -2.09. The lowest BCUT2D eigenvalue weighted by Crippen LogP contribution is -1.98. The average Bonchev–Trinajstić information content (AvgIpc) is 3.02. The van der Waals surface area contributed by atoms with Gasteiger partial charge < -0.3 is 9.30 Å². The molecule has 0 aliphatic carbocycles. The zero-order valence-electron chi connectivity index (χ0n) is 12.0. The van der Waals surface area contributed by atoms with Gasteiger partial charge in [-0.2, -0.15) is 5.26 Å². The normalized spacial score (nSPS) is 9.17. The fourth-order valence-corrected chi connectivity index (χ4v) is 1.97. The summed E-state index contributed by atoms with van der Waals surface area (Å²) >= 11 is 0. The number of halogens is 2. The van der Waals surface area contributed by atoms with E-state index in [9.17, 15) is 5.26 Å². The molecule has 0 amide bonds. The molecule has 5 nitrogen and oxygen atoms in total. The summed E-state index contributed by atoms with van der Waals surface area (Å²) in [7, 11) is 0. The molecule has 3 rings (SSSR count). The number of hydrogen-bond donors (Lipinski definition) is 0. The third-order valence-electron chi connectivity index (χ3n) is 2.95. The van der Waals surface area contributed by atoms with Crippen molar-refractivity contribution in [3.8, 4) is 17.6 Å². The molecule has 0 saturated carbocycles. The van der Waals surface area contributed by atoms with Gasteiger partial charge in [0, 0.05) is 25.1 Å². The highest BCUT2D eigenvalue weighted by Gasteiger charge is 2.07. The Morgan fingerprint density at radius 2 is 2.00 bits per heavy atom. The van der Waals surface area contributed by atoms with Gasteiger partial charge in [-0.25, -0.2) is 4.98 Å². The number of pyridine rings is 1. The maximum atomic E-state index is 9.18. The van der Waals surface area contributed by atoms with E-state index < -0.39 is 0 Å². The van der Waals surface area contributed by atoms with Crippen molar-refractivity contribution in [1.82, 2.24) is 14.5 Å². The first-order valence-electron chi connectivity index (χ1n) is 6.42. The lowest BCUT2D eigenvalue weighted by molar-refractivity contribution is 0.478. The van der Waals surface area contributed by atoms with E-state index in [-0.39, 0.29) is 24.8 Å². The molecule has 0 N–H and O–H groups in total. The molecule has 118 valence electrons. The number of aromatic nitrogens is 3. The minimum Gasteiger partial charge on any atom is -0.454 e. The van der Waals surface area contributed by atoms with Crippen molar-refractivity contribution < 1.29 is 4.74 Å². The van der Waals surface area contributed by atoms with Crippen LogP contribution in [0.5, 0.6) is 11.5 Å². The Labute approximate surface area is 146 Å². The van der Waals surface area contributed by atoms with Gasteiger partial charge in [0.25, 0.3) is 0 Å². The summed E-state index contributed by atoms with van der Waals surface area (Å²) in [4.78, 5) is 8.01. The number of hydrogen-bond acceptors (Lipinski definition) is 4. The van der Waals surface area contributed by atoms with E-state index in [1.807, 2.05) is 22.9 Å². The molecule has 0 atom stereocenters. The van der Waals surface area contributed by atoms with Crippen LogP contribution in [0, 0.1) is 11.3 Å². The van der Waals surface area contributed by atoms with Gasteiger partial charge in [-0.15, -0.1) is 24.8 Å². The molecule has 1 aromatic carbocycles. The van der Waals surface area contributed by atoms with Crippen molar-refractivity contribution >= 4 is 24.8 Å². The van der Waals surface area contributed by atoms with Crippen LogP contribution in [0.3, 0.4) is 0 Å². The van der Waals surface area contributed by atoms with Gasteiger partial charge in [0.2, 0.25) is 0 Å². The van der Waals surface area contributed by atoms with Gasteiger partial charge in [0.1, 0.15) is 17.6 Å². The van der Waals surface area contributed by atoms with Crippen molar-refractivity contribution in [3.63, 3.8) is 0 Å². The Balaban J connectivity index is 0.00000132. The Hall–Kier alpha value is -2.55. The smallest absolute Gasteiger partial charge is 0.145 e. The monoisotopic (exact) mass is 348 g/mol. The lowest BCUT2D eigenvalue weighted by atomic mass is 10.1. The van der Waals surface area contributed by atoms with Crippen molar-refractivity contribution in [2.45, 2.75) is 6.54 Å². The molecule has 0 unspecified atom stereocenters. The molecular weight excluding hydrogens is 335 g/mol. The van der Waals surface area contributed by atoms with Gasteiger partial charge in [-0.3, -0.25) is 4.98 Å². The van der Waals surface area contributed by atoms with Gasteiger partial charge in [-0.05, 0) is 29.8 Å². The summed E-state index contributed by atoms with van der Waals surface area (Å²) in [6.07, 6.45) is 8.66. The van der Waals surface area contributed by atoms with Crippen LogP contribution in [0.4, 0.5) is 0 Å². The number of rotatable bonds is 4. The van der Waals surface area contributed by atoms with E-state index in [1.165, 1.54) is 0 Å². The van der Waals surface area contributed by atoms with Gasteiger partial charge in [0.05, 0.1) is 18.1 Å². The maximum Gasteiger partial charge on any atom is 0.145 e. The minimum atomic E-state index is 0. The Bertz CT molecular complexity index is 771. The van der Waals surface area contributed by atoms with Gasteiger partial charge in [-0.1, -0.05) is 6.07 Å². The van der Waals surface area contributed by atoms with Crippen LogP contribution >= 0.6 is 24.8 Å². The molecule has 0 bridgehead atoms. The van der Waals surface area contributed by atoms with E-state index in [1.54, 1.807) is 43.1 Å². The molecule has 3 aromatic rings. The van der Waals surface area contributed by atoms with Crippen molar-refractivity contribution in [2.24, 2.45) is 0 Å². The topological polar surface area (TPSA) is 63.7 Å². The van der Waals surface area contributed by atoms with E-state index >= 15 is 0 Å². The third-order valence-corrected chi connectivity index (χ3v) is 2.95. The van der Waals surface area contributed by atoms with Crippen molar-refractivity contribution in [3.05, 3.63) is 72.6 Å². The highest BCUT2D eigenvalue weighted by Crippen LogP contribution is 2.26. The molecule has 2 aromatic heterocycles. The maximum absolute atomic E-state index is 9.18. The van der Waals surface area contributed by atoms with E-state index in [2.05, 4.69) is 16.0 Å². The molecular formula is C16H14Cl2N4O. The van der Waals surface area contributed by atoms with Crippen LogP contribution in [0.1, 0.15) is 11.1 Å². The number of ether oxygens (including phenoxy) is 1. The molecule has 0 aliphatic rings. The minimum absolute atomic E-state index is 0. The summed E-state index contributed by atoms with van der Waals surface area (Å²) in [5, 5.41) is 9.18. The zero-order chi connectivity index (χ0) is 14.5. The summed E-state index contributed by atoms with van der Waals surface area (Å²) in [6, 6.07) is 11.3. The number of nitriles is 1. The van der Waals surface area contributed by atoms with Crippen molar-refractivity contribution in [2.75, 3.05) is 0 Å². The number of benzene rings is 1. The first-order valence-corrected chi connectivity index (χ1v) is 6.42. The molecule has 0 radical (unpaired) electrons. The first kappa shape index (κ1) is 18.5. The Kier molecular flexibility index (Phi) is 7.07. The molecule has 23 heavy (non-hydrogen) atoms. The predicted molar refractivity (Wildman–Crippen MR) is 91.3 cm³/mol. The molecule has 0 saturated heterocycles. The highest BCUT2D eigenvalue weighted by molar-refractivity contribution is 5.85. The average molecular weight is 349 g/mol. The molecule has 2 heterocycles. The summed E-state index contributed by atoms with van der Waals surface area (Å²) < 4.78 is 7.70. The van der Waals surface area contributed by atoms with Crippen LogP contribution in [0.25, 0.3) is 0 Å². The quantitative estimate of drug-likeness (QED) is 0.718. The molecule has 0 aliphatic heterocycles. The second-order valence-electron chi connectivity index (χ2n) is 4.47. The summed E-state index contributed by atoms with van der Waals surface area (Å²) in [5.74, 6) is 1.14. The predicted octanol–water partition coefficient (Wildman–Crippen LogP) is 3.83. The fraction of sp³-hybridized carbons (Fsp3) is 0.0625. The number of imidazole rings is 1. The first-order chi connectivity index (χ1) is 10.3. The standard InChI is InChI=1S/C16H12N4O.2ClH/c17-9-14-4-3-13(11-20-7-6-19-12-20)8-16(14)21-15-2-1-5-18-10-15;;/h1-8,10,12H,11H2;2*1H. The zero-order valence-corrected chi connectivity index (χ0v) is 13.6. The Morgan fingerprint density at radius 1 is 1.13 bits per heavy atom. The largest absolute Gasteiger partial charge is 0.454 e. The van der Waals surface area contributed by atoms with Gasteiger partial charge in [0.15, 0.2) is 0 Å². The van der Waals surface area contributed by atoms with Crippen molar-refractivity contribution in [1.29, 1.82) is 5.26 Å². The van der Waals surface area contributed by atoms with Crippen LogP contribution < -0.4 is 4.74 Å². The highest BCUT2D eigenvalue weighted by atomic mass is 35.5.